The second kappa shape index (κ2) is 7.24. The Morgan fingerprint density at radius 2 is 1.88 bits per heavy atom. The fourth-order valence-electron chi connectivity index (χ4n) is 1.83. The number of nitrogens with one attached hydrogen (secondary N) is 1. The number of hydrogen-bond acceptors (Lipinski definition) is 4. The molecule has 1 rings (SSSR count). The molecule has 1 heterocycles. The Morgan fingerprint density at radius 3 is 2.41 bits per heavy atom. The van der Waals surface area contributed by atoms with Crippen LogP contribution in [0.25, 0.3) is 0 Å². The zero-order valence-electron chi connectivity index (χ0n) is 10.6. The Hall–Kier alpha value is -1.14. The van der Waals surface area contributed by atoms with Crippen LogP contribution in [0, 0.1) is 0 Å². The molecule has 98 valence electrons. The van der Waals surface area contributed by atoms with Gasteiger partial charge in [0.2, 0.25) is 11.8 Å². The van der Waals surface area contributed by atoms with Crippen molar-refractivity contribution in [2.45, 2.75) is 6.92 Å². The summed E-state index contributed by atoms with van der Waals surface area (Å²) in [4.78, 5) is 26.3. The van der Waals surface area contributed by atoms with Crippen molar-refractivity contribution in [1.29, 1.82) is 0 Å². The molecule has 0 spiro atoms. The first kappa shape index (κ1) is 13.9. The number of piperazine rings is 1. The normalized spacial score (nSPS) is 16.9. The summed E-state index contributed by atoms with van der Waals surface area (Å²) in [6.45, 7) is 6.37. The molecule has 0 aromatic carbocycles. The van der Waals surface area contributed by atoms with Gasteiger partial charge in [-0.25, -0.2) is 0 Å². The first-order valence-corrected chi connectivity index (χ1v) is 5.87. The van der Waals surface area contributed by atoms with Gasteiger partial charge in [0.1, 0.15) is 6.61 Å². The van der Waals surface area contributed by atoms with Crippen LogP contribution < -0.4 is 5.32 Å². The van der Waals surface area contributed by atoms with Crippen molar-refractivity contribution in [3.05, 3.63) is 0 Å². The van der Waals surface area contributed by atoms with E-state index in [1.165, 1.54) is 14.0 Å². The minimum atomic E-state index is -0.00101. The van der Waals surface area contributed by atoms with Crippen molar-refractivity contribution >= 4 is 11.8 Å². The fourth-order valence-corrected chi connectivity index (χ4v) is 1.83. The number of rotatable bonds is 5. The van der Waals surface area contributed by atoms with Crippen LogP contribution in [0.15, 0.2) is 0 Å². The van der Waals surface area contributed by atoms with Crippen molar-refractivity contribution in [1.82, 2.24) is 15.1 Å². The van der Waals surface area contributed by atoms with E-state index >= 15 is 0 Å². The predicted molar refractivity (Wildman–Crippen MR) is 63.6 cm³/mol. The molecule has 0 aromatic rings. The Labute approximate surface area is 102 Å². The van der Waals surface area contributed by atoms with E-state index in [1.54, 1.807) is 0 Å². The van der Waals surface area contributed by atoms with Crippen molar-refractivity contribution in [2.75, 3.05) is 53.0 Å². The van der Waals surface area contributed by atoms with Gasteiger partial charge < -0.3 is 15.0 Å². The second-order valence-corrected chi connectivity index (χ2v) is 4.14. The third-order valence-corrected chi connectivity index (χ3v) is 2.79. The molecule has 0 saturated carbocycles. The van der Waals surface area contributed by atoms with E-state index in [9.17, 15) is 9.59 Å². The molecule has 0 radical (unpaired) electrons. The van der Waals surface area contributed by atoms with E-state index in [0.29, 0.717) is 6.54 Å². The Bertz CT molecular complexity index is 263. The maximum Gasteiger partial charge on any atom is 0.248 e. The number of nitrogens with zero attached hydrogens (tertiary/aromatic N) is 2. The number of methoxy groups -OCH3 is 1. The number of carbonyl (C=O) groups is 2. The van der Waals surface area contributed by atoms with Crippen LogP contribution in [0.2, 0.25) is 0 Å². The van der Waals surface area contributed by atoms with Gasteiger partial charge in [-0.1, -0.05) is 0 Å². The van der Waals surface area contributed by atoms with Crippen molar-refractivity contribution in [2.24, 2.45) is 0 Å². The molecule has 1 fully saturated rings. The van der Waals surface area contributed by atoms with Crippen molar-refractivity contribution in [3.8, 4) is 0 Å². The third kappa shape index (κ3) is 5.14. The molecule has 0 unspecified atom stereocenters. The average molecular weight is 243 g/mol. The predicted octanol–water partition coefficient (Wildman–Crippen LogP) is -1.09. The van der Waals surface area contributed by atoms with Crippen LogP contribution in [0.3, 0.4) is 0 Å². The summed E-state index contributed by atoms with van der Waals surface area (Å²) >= 11 is 0. The monoisotopic (exact) mass is 243 g/mol. The highest BCUT2D eigenvalue weighted by atomic mass is 16.5. The van der Waals surface area contributed by atoms with Gasteiger partial charge in [0, 0.05) is 53.3 Å². The average Bonchev–Trinajstić information content (AvgIpc) is 2.30. The Balaban J connectivity index is 2.17. The first-order valence-electron chi connectivity index (χ1n) is 5.87. The van der Waals surface area contributed by atoms with Crippen LogP contribution in [-0.2, 0) is 14.3 Å². The molecule has 0 bridgehead atoms. The number of ether oxygens (including phenoxy) is 1. The molecule has 2 amide bonds. The number of carbonyl (C=O) groups excluding carboxylic acids is 2. The molecular weight excluding hydrogens is 222 g/mol. The second-order valence-electron chi connectivity index (χ2n) is 4.14. The van der Waals surface area contributed by atoms with Gasteiger partial charge >= 0.3 is 0 Å². The van der Waals surface area contributed by atoms with Crippen LogP contribution in [0.5, 0.6) is 0 Å². The molecule has 6 heteroatoms. The molecule has 6 nitrogen and oxygen atoms in total. The summed E-state index contributed by atoms with van der Waals surface area (Å²) in [5, 5.41) is 2.77. The van der Waals surface area contributed by atoms with E-state index in [0.717, 1.165) is 32.7 Å². The summed E-state index contributed by atoms with van der Waals surface area (Å²) in [6.07, 6.45) is 0. The zero-order chi connectivity index (χ0) is 12.7. The molecular formula is C11H21N3O3. The number of hydrogen-bond donors (Lipinski definition) is 1. The summed E-state index contributed by atoms with van der Waals surface area (Å²) in [5.74, 6) is 0.0490. The quantitative estimate of drug-likeness (QED) is 0.667. The number of amides is 2. The lowest BCUT2D eigenvalue weighted by atomic mass is 10.3. The molecule has 1 saturated heterocycles. The molecule has 0 atom stereocenters. The molecule has 0 aromatic heterocycles. The molecule has 1 aliphatic rings. The van der Waals surface area contributed by atoms with E-state index in [4.69, 9.17) is 4.74 Å². The van der Waals surface area contributed by atoms with Crippen LogP contribution in [0.1, 0.15) is 6.92 Å². The summed E-state index contributed by atoms with van der Waals surface area (Å²) < 4.78 is 4.82. The lowest BCUT2D eigenvalue weighted by Gasteiger charge is -2.34. The van der Waals surface area contributed by atoms with Crippen LogP contribution in [0.4, 0.5) is 0 Å². The van der Waals surface area contributed by atoms with Gasteiger partial charge in [0.25, 0.3) is 0 Å². The zero-order valence-corrected chi connectivity index (χ0v) is 10.6. The summed E-state index contributed by atoms with van der Waals surface area (Å²) in [6, 6.07) is 0. The fraction of sp³-hybridized carbons (Fsp3) is 0.818. The Kier molecular flexibility index (Phi) is 5.93. The molecule has 1 N–H and O–H groups in total. The highest BCUT2D eigenvalue weighted by Gasteiger charge is 2.20. The lowest BCUT2D eigenvalue weighted by molar-refractivity contribution is -0.136. The topological polar surface area (TPSA) is 61.9 Å². The van der Waals surface area contributed by atoms with E-state index < -0.39 is 0 Å². The smallest absolute Gasteiger partial charge is 0.248 e. The van der Waals surface area contributed by atoms with Gasteiger partial charge in [-0.05, 0) is 0 Å². The maximum atomic E-state index is 11.5. The molecule has 0 aliphatic carbocycles. The molecule has 1 aliphatic heterocycles. The highest BCUT2D eigenvalue weighted by Crippen LogP contribution is 2.01. The van der Waals surface area contributed by atoms with E-state index in [1.807, 2.05) is 4.90 Å². The SMILES string of the molecule is COCC(=O)N1CCN(CCNC(C)=O)CC1. The minimum Gasteiger partial charge on any atom is -0.375 e. The van der Waals surface area contributed by atoms with E-state index in [2.05, 4.69) is 10.2 Å². The third-order valence-electron chi connectivity index (χ3n) is 2.79. The highest BCUT2D eigenvalue weighted by molar-refractivity contribution is 5.77. The van der Waals surface area contributed by atoms with Crippen molar-refractivity contribution < 1.29 is 14.3 Å². The molecule has 17 heavy (non-hydrogen) atoms. The van der Waals surface area contributed by atoms with Gasteiger partial charge in [-0.3, -0.25) is 14.5 Å². The van der Waals surface area contributed by atoms with Crippen LogP contribution >= 0.6 is 0 Å². The van der Waals surface area contributed by atoms with Gasteiger partial charge in [0.15, 0.2) is 0 Å². The Morgan fingerprint density at radius 1 is 1.24 bits per heavy atom. The lowest BCUT2D eigenvalue weighted by Crippen LogP contribution is -2.51. The summed E-state index contributed by atoms with van der Waals surface area (Å²) in [5.41, 5.74) is 0. The standard InChI is InChI=1S/C11H21N3O3/c1-10(15)12-3-4-13-5-7-14(8-6-13)11(16)9-17-2/h3-9H2,1-2H3,(H,12,15). The largest absolute Gasteiger partial charge is 0.375 e. The minimum absolute atomic E-state index is 0.00101. The van der Waals surface area contributed by atoms with E-state index in [-0.39, 0.29) is 18.4 Å². The first-order chi connectivity index (χ1) is 8.13. The van der Waals surface area contributed by atoms with Gasteiger partial charge in [0.05, 0.1) is 0 Å². The summed E-state index contributed by atoms with van der Waals surface area (Å²) in [7, 11) is 1.53. The van der Waals surface area contributed by atoms with Gasteiger partial charge in [-0.2, -0.15) is 0 Å². The maximum absolute atomic E-state index is 11.5. The van der Waals surface area contributed by atoms with Gasteiger partial charge in [-0.15, -0.1) is 0 Å². The van der Waals surface area contributed by atoms with Crippen LogP contribution in [-0.4, -0.2) is 74.6 Å². The van der Waals surface area contributed by atoms with Crippen molar-refractivity contribution in [3.63, 3.8) is 0 Å².